The largest absolute Gasteiger partial charge is 0.508 e. The van der Waals surface area contributed by atoms with Crippen molar-refractivity contribution in [3.63, 3.8) is 0 Å². The molecule has 0 aliphatic carbocycles. The molecule has 2 aliphatic heterocycles. The van der Waals surface area contributed by atoms with Gasteiger partial charge in [0.1, 0.15) is 5.75 Å². The smallest absolute Gasteiger partial charge is 0.239 e. The Hall–Kier alpha value is -2.73. The SMILES string of the molecule is C[C@H](C(=O)N1CCN(c2ccccc2)CC1)N1CCN(c2ccc(O)cc2)CC1. The Morgan fingerprint density at radius 1 is 0.759 bits per heavy atom. The van der Waals surface area contributed by atoms with Crippen LogP contribution in [-0.2, 0) is 4.79 Å². The number of rotatable bonds is 4. The summed E-state index contributed by atoms with van der Waals surface area (Å²) in [4.78, 5) is 22.0. The third kappa shape index (κ3) is 4.48. The van der Waals surface area contributed by atoms with Gasteiger partial charge in [0, 0.05) is 63.7 Å². The van der Waals surface area contributed by atoms with Crippen molar-refractivity contribution in [3.8, 4) is 5.75 Å². The zero-order valence-corrected chi connectivity index (χ0v) is 17.1. The molecule has 2 aromatic rings. The molecule has 2 fully saturated rings. The Morgan fingerprint density at radius 3 is 1.86 bits per heavy atom. The average molecular weight is 395 g/mol. The van der Waals surface area contributed by atoms with Gasteiger partial charge in [-0.1, -0.05) is 18.2 Å². The van der Waals surface area contributed by atoms with Crippen molar-refractivity contribution in [3.05, 3.63) is 54.6 Å². The molecular weight excluding hydrogens is 364 g/mol. The fourth-order valence-corrected chi connectivity index (χ4v) is 4.28. The number of benzene rings is 2. The molecule has 0 aromatic heterocycles. The summed E-state index contributed by atoms with van der Waals surface area (Å²) in [6, 6.07) is 17.7. The lowest BCUT2D eigenvalue weighted by atomic mass is 10.1. The predicted molar refractivity (Wildman–Crippen MR) is 117 cm³/mol. The molecule has 0 bridgehead atoms. The van der Waals surface area contributed by atoms with E-state index in [2.05, 4.69) is 39.0 Å². The number of amides is 1. The minimum Gasteiger partial charge on any atom is -0.508 e. The number of anilines is 2. The maximum Gasteiger partial charge on any atom is 0.239 e. The number of piperazine rings is 2. The molecule has 1 atom stereocenters. The van der Waals surface area contributed by atoms with Crippen molar-refractivity contribution in [2.45, 2.75) is 13.0 Å². The Morgan fingerprint density at radius 2 is 1.28 bits per heavy atom. The predicted octanol–water partition coefficient (Wildman–Crippen LogP) is 2.25. The molecule has 6 heteroatoms. The van der Waals surface area contributed by atoms with E-state index < -0.39 is 0 Å². The van der Waals surface area contributed by atoms with Gasteiger partial charge in [-0.25, -0.2) is 0 Å². The molecule has 0 unspecified atom stereocenters. The summed E-state index contributed by atoms with van der Waals surface area (Å²) in [5, 5.41) is 9.46. The van der Waals surface area contributed by atoms with E-state index in [1.165, 1.54) is 5.69 Å². The van der Waals surface area contributed by atoms with E-state index in [1.54, 1.807) is 12.1 Å². The second-order valence-corrected chi connectivity index (χ2v) is 7.86. The lowest BCUT2D eigenvalue weighted by molar-refractivity contribution is -0.136. The van der Waals surface area contributed by atoms with Gasteiger partial charge in [-0.15, -0.1) is 0 Å². The van der Waals surface area contributed by atoms with Crippen molar-refractivity contribution in [2.24, 2.45) is 0 Å². The van der Waals surface area contributed by atoms with Gasteiger partial charge in [0.25, 0.3) is 0 Å². The summed E-state index contributed by atoms with van der Waals surface area (Å²) < 4.78 is 0. The number of hydrogen-bond donors (Lipinski definition) is 1. The second kappa shape index (κ2) is 8.74. The highest BCUT2D eigenvalue weighted by atomic mass is 16.3. The second-order valence-electron chi connectivity index (χ2n) is 7.86. The number of carbonyl (C=O) groups is 1. The van der Waals surface area contributed by atoms with Crippen molar-refractivity contribution in [1.82, 2.24) is 9.80 Å². The van der Waals surface area contributed by atoms with E-state index in [-0.39, 0.29) is 11.9 Å². The van der Waals surface area contributed by atoms with Crippen LogP contribution in [0, 0.1) is 0 Å². The lowest BCUT2D eigenvalue weighted by Gasteiger charge is -2.42. The van der Waals surface area contributed by atoms with E-state index in [4.69, 9.17) is 0 Å². The van der Waals surface area contributed by atoms with Crippen LogP contribution in [0.4, 0.5) is 11.4 Å². The molecule has 2 aromatic carbocycles. The first-order valence-electron chi connectivity index (χ1n) is 10.5. The summed E-state index contributed by atoms with van der Waals surface area (Å²) in [6.45, 7) is 8.91. The van der Waals surface area contributed by atoms with E-state index in [0.29, 0.717) is 5.75 Å². The third-order valence-electron chi connectivity index (χ3n) is 6.15. The first kappa shape index (κ1) is 19.6. The van der Waals surface area contributed by atoms with Crippen LogP contribution in [0.5, 0.6) is 5.75 Å². The molecule has 2 saturated heterocycles. The van der Waals surface area contributed by atoms with Gasteiger partial charge >= 0.3 is 0 Å². The van der Waals surface area contributed by atoms with Crippen molar-refractivity contribution < 1.29 is 9.90 Å². The van der Waals surface area contributed by atoms with E-state index in [9.17, 15) is 9.90 Å². The zero-order valence-electron chi connectivity index (χ0n) is 17.1. The summed E-state index contributed by atoms with van der Waals surface area (Å²) in [5.74, 6) is 0.537. The van der Waals surface area contributed by atoms with Crippen LogP contribution >= 0.6 is 0 Å². The fourth-order valence-electron chi connectivity index (χ4n) is 4.28. The van der Waals surface area contributed by atoms with Gasteiger partial charge in [0.05, 0.1) is 6.04 Å². The minimum atomic E-state index is -0.0831. The van der Waals surface area contributed by atoms with Gasteiger partial charge in [-0.2, -0.15) is 0 Å². The number of hydrogen-bond acceptors (Lipinski definition) is 5. The molecule has 29 heavy (non-hydrogen) atoms. The van der Waals surface area contributed by atoms with Crippen LogP contribution in [0.15, 0.2) is 54.6 Å². The van der Waals surface area contributed by atoms with Gasteiger partial charge < -0.3 is 19.8 Å². The van der Waals surface area contributed by atoms with Crippen LogP contribution in [-0.4, -0.2) is 79.2 Å². The number of aromatic hydroxyl groups is 1. The van der Waals surface area contributed by atoms with Gasteiger partial charge in [-0.3, -0.25) is 9.69 Å². The fraction of sp³-hybridized carbons (Fsp3) is 0.435. The highest BCUT2D eigenvalue weighted by Gasteiger charge is 2.30. The first-order valence-corrected chi connectivity index (χ1v) is 10.5. The molecule has 2 heterocycles. The van der Waals surface area contributed by atoms with Crippen LogP contribution in [0.3, 0.4) is 0 Å². The summed E-state index contributed by atoms with van der Waals surface area (Å²) in [5.41, 5.74) is 2.36. The lowest BCUT2D eigenvalue weighted by Crippen LogP contribution is -2.57. The number of phenols is 1. The normalized spacial score (nSPS) is 19.3. The zero-order chi connectivity index (χ0) is 20.2. The van der Waals surface area contributed by atoms with Gasteiger partial charge in [0.15, 0.2) is 0 Å². The number of carbonyl (C=O) groups excluding carboxylic acids is 1. The van der Waals surface area contributed by atoms with Crippen LogP contribution < -0.4 is 9.80 Å². The Bertz CT molecular complexity index is 795. The molecule has 4 rings (SSSR count). The first-order chi connectivity index (χ1) is 14.1. The van der Waals surface area contributed by atoms with Gasteiger partial charge in [0.2, 0.25) is 5.91 Å². The Balaban J connectivity index is 1.27. The van der Waals surface area contributed by atoms with Gasteiger partial charge in [-0.05, 0) is 43.3 Å². The molecular formula is C23H30N4O2. The number of nitrogens with zero attached hydrogens (tertiary/aromatic N) is 4. The molecule has 1 amide bonds. The molecule has 1 N–H and O–H groups in total. The summed E-state index contributed by atoms with van der Waals surface area (Å²) in [6.07, 6.45) is 0. The molecule has 0 radical (unpaired) electrons. The topological polar surface area (TPSA) is 50.3 Å². The highest BCUT2D eigenvalue weighted by molar-refractivity contribution is 5.81. The number of para-hydroxylation sites is 1. The molecule has 154 valence electrons. The average Bonchev–Trinajstić information content (AvgIpc) is 2.79. The van der Waals surface area contributed by atoms with Crippen molar-refractivity contribution in [2.75, 3.05) is 62.2 Å². The van der Waals surface area contributed by atoms with E-state index >= 15 is 0 Å². The van der Waals surface area contributed by atoms with Crippen molar-refractivity contribution >= 4 is 17.3 Å². The maximum atomic E-state index is 13.1. The van der Waals surface area contributed by atoms with Crippen LogP contribution in [0.25, 0.3) is 0 Å². The van der Waals surface area contributed by atoms with E-state index in [1.807, 2.05) is 30.0 Å². The monoisotopic (exact) mass is 394 g/mol. The molecule has 0 spiro atoms. The summed E-state index contributed by atoms with van der Waals surface area (Å²) in [7, 11) is 0. The maximum absolute atomic E-state index is 13.1. The van der Waals surface area contributed by atoms with E-state index in [0.717, 1.165) is 58.0 Å². The number of phenolic OH excluding ortho intramolecular Hbond substituents is 1. The van der Waals surface area contributed by atoms with Crippen LogP contribution in [0.2, 0.25) is 0 Å². The standard InChI is InChI=1S/C23H30N4O2/c1-19(24-11-13-26(14-12-24)21-7-9-22(28)10-8-21)23(29)27-17-15-25(16-18-27)20-5-3-2-4-6-20/h2-10,19,28H,11-18H2,1H3/t19-/m1/s1. The highest BCUT2D eigenvalue weighted by Crippen LogP contribution is 2.21. The van der Waals surface area contributed by atoms with Crippen molar-refractivity contribution in [1.29, 1.82) is 0 Å². The molecule has 2 aliphatic rings. The minimum absolute atomic E-state index is 0.0831. The quantitative estimate of drug-likeness (QED) is 0.862. The Kier molecular flexibility index (Phi) is 5.90. The third-order valence-corrected chi connectivity index (χ3v) is 6.15. The summed E-state index contributed by atoms with van der Waals surface area (Å²) >= 11 is 0. The Labute approximate surface area is 172 Å². The van der Waals surface area contributed by atoms with Crippen LogP contribution in [0.1, 0.15) is 6.92 Å². The molecule has 0 saturated carbocycles. The molecule has 6 nitrogen and oxygen atoms in total.